The Morgan fingerprint density at radius 1 is 1.03 bits per heavy atom. The molecule has 0 radical (unpaired) electrons. The van der Waals surface area contributed by atoms with Crippen molar-refractivity contribution in [2.45, 2.75) is 51.2 Å². The zero-order valence-corrected chi connectivity index (χ0v) is 20.7. The lowest BCUT2D eigenvalue weighted by molar-refractivity contribution is -0.131. The summed E-state index contributed by atoms with van der Waals surface area (Å²) in [5.41, 5.74) is 1.52. The number of aryl methyl sites for hydroxylation is 1. The van der Waals surface area contributed by atoms with Crippen LogP contribution in [0.2, 0.25) is 0 Å². The number of rotatable bonds is 5. The van der Waals surface area contributed by atoms with Gasteiger partial charge >= 0.3 is 0 Å². The Kier molecular flexibility index (Phi) is 5.00. The van der Waals surface area contributed by atoms with Crippen molar-refractivity contribution >= 4 is 28.3 Å². The highest BCUT2D eigenvalue weighted by molar-refractivity contribution is 6.24. The van der Waals surface area contributed by atoms with Gasteiger partial charge in [-0.15, -0.1) is 0 Å². The molecule has 36 heavy (non-hydrogen) atoms. The van der Waals surface area contributed by atoms with E-state index in [0.29, 0.717) is 37.1 Å². The highest BCUT2D eigenvalue weighted by Gasteiger charge is 2.74. The lowest BCUT2D eigenvalue weighted by Crippen LogP contribution is -2.43. The third kappa shape index (κ3) is 3.06. The molecular formula is C30H28N2O4. The predicted octanol–water partition coefficient (Wildman–Crippen LogP) is 5.22. The highest BCUT2D eigenvalue weighted by Crippen LogP contribution is 2.62. The van der Waals surface area contributed by atoms with Crippen LogP contribution in [-0.4, -0.2) is 29.6 Å². The van der Waals surface area contributed by atoms with Gasteiger partial charge in [0.25, 0.3) is 0 Å². The van der Waals surface area contributed by atoms with Crippen LogP contribution in [0.25, 0.3) is 10.8 Å². The van der Waals surface area contributed by atoms with E-state index in [1.807, 2.05) is 69.3 Å². The lowest BCUT2D eigenvalue weighted by Gasteiger charge is -2.31. The molecule has 3 fully saturated rings. The molecule has 3 aromatic rings. The molecule has 0 aliphatic carbocycles. The number of hydrogen-bond acceptors (Lipinski definition) is 5. The Labute approximate surface area is 210 Å². The van der Waals surface area contributed by atoms with Gasteiger partial charge in [0.05, 0.1) is 40.9 Å². The number of fused-ring (bicyclic) bond motifs is 6. The van der Waals surface area contributed by atoms with Gasteiger partial charge in [0.1, 0.15) is 11.8 Å². The average molecular weight is 481 g/mol. The molecule has 3 aromatic carbocycles. The monoisotopic (exact) mass is 480 g/mol. The van der Waals surface area contributed by atoms with Crippen molar-refractivity contribution in [3.8, 4) is 11.8 Å². The van der Waals surface area contributed by atoms with E-state index in [1.54, 1.807) is 6.07 Å². The molecule has 6 nitrogen and oxygen atoms in total. The summed E-state index contributed by atoms with van der Waals surface area (Å²) in [6.45, 7) is 6.43. The minimum atomic E-state index is -0.748. The highest BCUT2D eigenvalue weighted by atomic mass is 16.5. The summed E-state index contributed by atoms with van der Waals surface area (Å²) in [5, 5.41) is 11.6. The first-order chi connectivity index (χ1) is 17.3. The smallest absolute Gasteiger partial charge is 0.240 e. The molecule has 6 rings (SSSR count). The fourth-order valence-electron chi connectivity index (χ4n) is 6.63. The number of hydrogen-bond donors (Lipinski definition) is 0. The van der Waals surface area contributed by atoms with E-state index < -0.39 is 23.0 Å². The fourth-order valence-corrected chi connectivity index (χ4v) is 6.63. The maximum atomic E-state index is 13.9. The van der Waals surface area contributed by atoms with Crippen LogP contribution in [0.15, 0.2) is 54.6 Å². The minimum absolute atomic E-state index is 0.267. The molecule has 4 unspecified atom stereocenters. The molecule has 0 saturated carbocycles. The van der Waals surface area contributed by atoms with Gasteiger partial charge in [0.2, 0.25) is 11.8 Å². The van der Waals surface area contributed by atoms with E-state index >= 15 is 0 Å². The number of nitriles is 1. The molecule has 0 N–H and O–H groups in total. The first-order valence-corrected chi connectivity index (χ1v) is 12.5. The SMILES string of the molecule is Cc1cccc(OCCC23CCC(C)(O2)C2C(=O)N(c4ccc5ccccc5c4C#N)C(=O)C23)c1C. The Bertz CT molecular complexity index is 1470. The molecular weight excluding hydrogens is 452 g/mol. The number of carbonyl (C=O) groups is 2. The average Bonchev–Trinajstić information content (AvgIpc) is 3.45. The molecule has 0 spiro atoms. The Balaban J connectivity index is 1.33. The van der Waals surface area contributed by atoms with Gasteiger partial charge in [0.15, 0.2) is 0 Å². The normalized spacial score (nSPS) is 28.6. The van der Waals surface area contributed by atoms with E-state index in [-0.39, 0.29) is 11.8 Å². The van der Waals surface area contributed by atoms with Gasteiger partial charge in [-0.05, 0) is 62.3 Å². The second-order valence-electron chi connectivity index (χ2n) is 10.5. The lowest BCUT2D eigenvalue weighted by atomic mass is 9.67. The van der Waals surface area contributed by atoms with Gasteiger partial charge < -0.3 is 9.47 Å². The van der Waals surface area contributed by atoms with Crippen molar-refractivity contribution in [2.24, 2.45) is 11.8 Å². The summed E-state index contributed by atoms with van der Waals surface area (Å²) >= 11 is 0. The molecule has 3 aliphatic heterocycles. The number of ether oxygens (including phenoxy) is 2. The summed E-state index contributed by atoms with van der Waals surface area (Å²) < 4.78 is 12.7. The summed E-state index contributed by atoms with van der Waals surface area (Å²) in [7, 11) is 0. The number of benzene rings is 3. The second kappa shape index (κ2) is 7.91. The Morgan fingerprint density at radius 3 is 2.61 bits per heavy atom. The number of nitrogens with zero attached hydrogens (tertiary/aromatic N) is 2. The van der Waals surface area contributed by atoms with Gasteiger partial charge in [0, 0.05) is 11.8 Å². The number of carbonyl (C=O) groups excluding carboxylic acids is 2. The van der Waals surface area contributed by atoms with Crippen molar-refractivity contribution in [3.05, 3.63) is 71.3 Å². The molecule has 2 bridgehead atoms. The zero-order chi connectivity index (χ0) is 25.2. The molecule has 4 atom stereocenters. The standard InChI is InChI=1S/C30H28N2O4/c1-18-7-6-10-24(19(18)2)35-16-15-30-14-13-29(3,36-30)25-26(30)28(34)32(27(25)33)23-12-11-20-8-4-5-9-21(20)22(23)17-31/h4-12,25-26H,13-16H2,1-3H3. The fraction of sp³-hybridized carbons (Fsp3) is 0.367. The van der Waals surface area contributed by atoms with Gasteiger partial charge in [-0.2, -0.15) is 5.26 Å². The second-order valence-corrected chi connectivity index (χ2v) is 10.5. The minimum Gasteiger partial charge on any atom is -0.493 e. The van der Waals surface area contributed by atoms with Crippen LogP contribution in [0, 0.1) is 37.0 Å². The van der Waals surface area contributed by atoms with Crippen LogP contribution >= 0.6 is 0 Å². The Morgan fingerprint density at radius 2 is 1.81 bits per heavy atom. The third-order valence-electron chi connectivity index (χ3n) is 8.61. The van der Waals surface area contributed by atoms with E-state index in [2.05, 4.69) is 6.07 Å². The van der Waals surface area contributed by atoms with Crippen LogP contribution in [0.3, 0.4) is 0 Å². The molecule has 3 saturated heterocycles. The maximum absolute atomic E-state index is 13.9. The molecule has 3 aliphatic rings. The summed E-state index contributed by atoms with van der Waals surface area (Å²) in [4.78, 5) is 29.0. The van der Waals surface area contributed by atoms with Gasteiger partial charge in [-0.1, -0.05) is 42.5 Å². The predicted molar refractivity (Wildman–Crippen MR) is 136 cm³/mol. The molecule has 0 aromatic heterocycles. The van der Waals surface area contributed by atoms with Crippen LogP contribution in [-0.2, 0) is 14.3 Å². The van der Waals surface area contributed by atoms with Gasteiger partial charge in [-0.3, -0.25) is 9.59 Å². The van der Waals surface area contributed by atoms with E-state index in [4.69, 9.17) is 9.47 Å². The van der Waals surface area contributed by atoms with E-state index in [1.165, 1.54) is 4.90 Å². The van der Waals surface area contributed by atoms with Crippen molar-refractivity contribution in [1.82, 2.24) is 0 Å². The number of anilines is 1. The van der Waals surface area contributed by atoms with E-state index in [0.717, 1.165) is 27.6 Å². The molecule has 6 heteroatoms. The Hall–Kier alpha value is -3.69. The van der Waals surface area contributed by atoms with Crippen LogP contribution in [0.1, 0.15) is 42.9 Å². The zero-order valence-electron chi connectivity index (χ0n) is 20.7. The van der Waals surface area contributed by atoms with Crippen LogP contribution in [0.5, 0.6) is 5.75 Å². The first-order valence-electron chi connectivity index (χ1n) is 12.5. The molecule has 182 valence electrons. The number of imide groups is 1. The van der Waals surface area contributed by atoms with Crippen LogP contribution in [0.4, 0.5) is 5.69 Å². The molecule has 2 amide bonds. The maximum Gasteiger partial charge on any atom is 0.240 e. The first kappa shape index (κ1) is 22.8. The van der Waals surface area contributed by atoms with Crippen molar-refractivity contribution in [3.63, 3.8) is 0 Å². The van der Waals surface area contributed by atoms with Crippen molar-refractivity contribution < 1.29 is 19.1 Å². The summed E-state index contributed by atoms with van der Waals surface area (Å²) in [6, 6.07) is 19.3. The largest absolute Gasteiger partial charge is 0.493 e. The van der Waals surface area contributed by atoms with Crippen molar-refractivity contribution in [1.29, 1.82) is 5.26 Å². The quantitative estimate of drug-likeness (QED) is 0.468. The van der Waals surface area contributed by atoms with E-state index in [9.17, 15) is 14.9 Å². The third-order valence-corrected chi connectivity index (χ3v) is 8.61. The number of amides is 2. The summed E-state index contributed by atoms with van der Waals surface area (Å²) in [6.07, 6.45) is 1.94. The summed E-state index contributed by atoms with van der Waals surface area (Å²) in [5.74, 6) is -0.850. The topological polar surface area (TPSA) is 79.6 Å². The molecule has 3 heterocycles. The van der Waals surface area contributed by atoms with Gasteiger partial charge in [-0.25, -0.2) is 4.90 Å². The van der Waals surface area contributed by atoms with Crippen molar-refractivity contribution in [2.75, 3.05) is 11.5 Å². The van der Waals surface area contributed by atoms with Crippen LogP contribution < -0.4 is 9.64 Å².